The highest BCUT2D eigenvalue weighted by Gasteiger charge is 2.17. The van der Waals surface area contributed by atoms with Gasteiger partial charge >= 0.3 is 0 Å². The van der Waals surface area contributed by atoms with Gasteiger partial charge in [-0.1, -0.05) is 19.1 Å². The van der Waals surface area contributed by atoms with Crippen molar-refractivity contribution in [1.29, 1.82) is 0 Å². The van der Waals surface area contributed by atoms with E-state index >= 15 is 0 Å². The Balaban J connectivity index is 1.52. The topological polar surface area (TPSA) is 123 Å². The molecule has 0 spiro atoms. The number of aromatic nitrogens is 8. The highest BCUT2D eigenvalue weighted by molar-refractivity contribution is 6.00. The van der Waals surface area contributed by atoms with Crippen molar-refractivity contribution in [3.8, 4) is 17.3 Å². The second-order valence-electron chi connectivity index (χ2n) is 8.02. The van der Waals surface area contributed by atoms with E-state index in [0.717, 1.165) is 51.3 Å². The number of hydrogen-bond acceptors (Lipinski definition) is 8. The first-order chi connectivity index (χ1) is 16.5. The van der Waals surface area contributed by atoms with Crippen molar-refractivity contribution in [2.75, 3.05) is 17.7 Å². The Morgan fingerprint density at radius 3 is 2.59 bits per heavy atom. The molecule has 1 aromatic carbocycles. The molecule has 0 aliphatic rings. The van der Waals surface area contributed by atoms with Crippen molar-refractivity contribution < 1.29 is 4.74 Å². The van der Waals surface area contributed by atoms with Crippen molar-refractivity contribution in [1.82, 2.24) is 39.7 Å². The smallest absolute Gasteiger partial charge is 0.256 e. The Bertz CT molecular complexity index is 1480. The van der Waals surface area contributed by atoms with Gasteiger partial charge in [0.15, 0.2) is 0 Å². The summed E-state index contributed by atoms with van der Waals surface area (Å²) in [4.78, 5) is 9.19. The molecule has 0 bridgehead atoms. The number of benzene rings is 1. The first-order valence-electron chi connectivity index (χ1n) is 10.9. The lowest BCUT2D eigenvalue weighted by molar-refractivity contribution is 0.393. The molecule has 0 saturated heterocycles. The van der Waals surface area contributed by atoms with E-state index in [1.54, 1.807) is 18.0 Å². The zero-order valence-corrected chi connectivity index (χ0v) is 19.7. The van der Waals surface area contributed by atoms with Gasteiger partial charge in [0, 0.05) is 31.9 Å². The average Bonchev–Trinajstić information content (AvgIpc) is 3.51. The van der Waals surface area contributed by atoms with E-state index in [9.17, 15) is 0 Å². The summed E-state index contributed by atoms with van der Waals surface area (Å²) < 4.78 is 8.80. The minimum atomic E-state index is 0.431. The molecular formula is C23H26N10O. The minimum Gasteiger partial charge on any atom is -0.478 e. The first kappa shape index (κ1) is 21.4. The van der Waals surface area contributed by atoms with Crippen molar-refractivity contribution >= 4 is 33.9 Å². The van der Waals surface area contributed by atoms with Gasteiger partial charge < -0.3 is 15.4 Å². The lowest BCUT2D eigenvalue weighted by atomic mass is 10.1. The van der Waals surface area contributed by atoms with E-state index in [-0.39, 0.29) is 0 Å². The number of ether oxygens (including phenoxy) is 1. The number of aryl methyl sites for hydroxylation is 4. The summed E-state index contributed by atoms with van der Waals surface area (Å²) >= 11 is 0. The van der Waals surface area contributed by atoms with E-state index < -0.39 is 0 Å². The quantitative estimate of drug-likeness (QED) is 0.336. The van der Waals surface area contributed by atoms with E-state index in [1.165, 1.54) is 0 Å². The van der Waals surface area contributed by atoms with Crippen LogP contribution < -0.4 is 15.4 Å². The van der Waals surface area contributed by atoms with Crippen LogP contribution in [0.15, 0.2) is 36.8 Å². The first-order valence-corrected chi connectivity index (χ1v) is 10.9. The molecule has 0 unspecified atom stereocenters. The fourth-order valence-electron chi connectivity index (χ4n) is 3.94. The number of nitrogens with one attached hydrogen (secondary N) is 3. The number of nitrogens with zero attached hydrogens (tertiary/aromatic N) is 7. The van der Waals surface area contributed by atoms with Gasteiger partial charge in [0.25, 0.3) is 5.88 Å². The molecule has 5 aromatic rings. The number of anilines is 4. The standard InChI is InChI=1S/C23H26N10O/c1-6-15-17(11-32(3)30-15)25-16-9-7-8-14-20(16)28-29-21(14)19-13(2)10-24-23(27-19)26-18-12-33(4)31-22(18)34-5/h7-12,25H,6H2,1-5H3,(H,28,29)(H,24,26,27). The third kappa shape index (κ3) is 3.81. The molecule has 4 heterocycles. The van der Waals surface area contributed by atoms with Gasteiger partial charge in [0.05, 0.1) is 41.6 Å². The Hall–Kier alpha value is -4.41. The highest BCUT2D eigenvalue weighted by Crippen LogP contribution is 2.33. The predicted octanol–water partition coefficient (Wildman–Crippen LogP) is 3.85. The molecule has 0 saturated carbocycles. The van der Waals surface area contributed by atoms with Gasteiger partial charge in [-0.25, -0.2) is 9.97 Å². The highest BCUT2D eigenvalue weighted by atomic mass is 16.5. The van der Waals surface area contributed by atoms with Crippen LogP contribution in [0.4, 0.5) is 23.0 Å². The van der Waals surface area contributed by atoms with Gasteiger partial charge in [-0.05, 0) is 25.0 Å². The molecule has 0 aliphatic carbocycles. The van der Waals surface area contributed by atoms with Crippen LogP contribution in [0.25, 0.3) is 22.3 Å². The van der Waals surface area contributed by atoms with E-state index in [0.29, 0.717) is 17.5 Å². The molecule has 11 nitrogen and oxygen atoms in total. The lowest BCUT2D eigenvalue weighted by Gasteiger charge is -2.08. The Labute approximate surface area is 196 Å². The van der Waals surface area contributed by atoms with E-state index in [2.05, 4.69) is 42.9 Å². The molecule has 5 rings (SSSR count). The number of rotatable bonds is 7. The summed E-state index contributed by atoms with van der Waals surface area (Å²) in [5.41, 5.74) is 6.88. The molecule has 0 amide bonds. The predicted molar refractivity (Wildman–Crippen MR) is 131 cm³/mol. The third-order valence-corrected chi connectivity index (χ3v) is 5.54. The van der Waals surface area contributed by atoms with Crippen LogP contribution in [0.1, 0.15) is 18.2 Å². The zero-order chi connectivity index (χ0) is 23.8. The Morgan fingerprint density at radius 2 is 1.79 bits per heavy atom. The summed E-state index contributed by atoms with van der Waals surface area (Å²) in [5, 5.41) is 24.2. The van der Waals surface area contributed by atoms with Crippen molar-refractivity contribution in [2.45, 2.75) is 20.3 Å². The molecule has 34 heavy (non-hydrogen) atoms. The second-order valence-corrected chi connectivity index (χ2v) is 8.02. The van der Waals surface area contributed by atoms with Crippen LogP contribution in [-0.2, 0) is 20.5 Å². The number of fused-ring (bicyclic) bond motifs is 1. The summed E-state index contributed by atoms with van der Waals surface area (Å²) in [6, 6.07) is 6.05. The number of H-pyrrole nitrogens is 1. The number of para-hydroxylation sites is 1. The maximum absolute atomic E-state index is 5.32. The maximum atomic E-state index is 5.32. The van der Waals surface area contributed by atoms with Crippen molar-refractivity contribution in [2.24, 2.45) is 14.1 Å². The minimum absolute atomic E-state index is 0.431. The third-order valence-electron chi connectivity index (χ3n) is 5.54. The SMILES string of the molecule is CCc1nn(C)cc1Nc1cccc2c(-c3nc(Nc4cn(C)nc4OC)ncc3C)n[nH]c12. The van der Waals surface area contributed by atoms with Gasteiger partial charge in [-0.3, -0.25) is 14.5 Å². The maximum Gasteiger partial charge on any atom is 0.256 e. The fourth-order valence-corrected chi connectivity index (χ4v) is 3.94. The molecule has 4 aromatic heterocycles. The molecule has 11 heteroatoms. The Kier molecular flexibility index (Phi) is 5.36. The van der Waals surface area contributed by atoms with Crippen LogP contribution in [0.2, 0.25) is 0 Å². The van der Waals surface area contributed by atoms with E-state index in [4.69, 9.17) is 9.72 Å². The molecule has 0 atom stereocenters. The van der Waals surface area contributed by atoms with Crippen LogP contribution in [0, 0.1) is 6.92 Å². The van der Waals surface area contributed by atoms with Crippen molar-refractivity contribution in [3.63, 3.8) is 0 Å². The number of aromatic amines is 1. The van der Waals surface area contributed by atoms with Crippen molar-refractivity contribution in [3.05, 3.63) is 48.0 Å². The number of hydrogen-bond donors (Lipinski definition) is 3. The molecule has 0 fully saturated rings. The molecular weight excluding hydrogens is 432 g/mol. The molecule has 3 N–H and O–H groups in total. The number of methoxy groups -OCH3 is 1. The monoisotopic (exact) mass is 458 g/mol. The summed E-state index contributed by atoms with van der Waals surface area (Å²) in [5.74, 6) is 0.899. The van der Waals surface area contributed by atoms with Crippen LogP contribution in [-0.4, -0.2) is 46.8 Å². The van der Waals surface area contributed by atoms with Gasteiger partial charge in [0.2, 0.25) is 5.95 Å². The summed E-state index contributed by atoms with van der Waals surface area (Å²) in [7, 11) is 5.32. The summed E-state index contributed by atoms with van der Waals surface area (Å²) in [6.45, 7) is 4.06. The van der Waals surface area contributed by atoms with Gasteiger partial charge in [0.1, 0.15) is 11.4 Å². The molecule has 174 valence electrons. The zero-order valence-electron chi connectivity index (χ0n) is 19.7. The van der Waals surface area contributed by atoms with Crippen LogP contribution in [0.5, 0.6) is 5.88 Å². The molecule has 0 aliphatic heterocycles. The molecule has 0 radical (unpaired) electrons. The van der Waals surface area contributed by atoms with Gasteiger partial charge in [-0.2, -0.15) is 10.2 Å². The van der Waals surface area contributed by atoms with Gasteiger partial charge in [-0.15, -0.1) is 5.10 Å². The second kappa shape index (κ2) is 8.50. The van der Waals surface area contributed by atoms with Crippen LogP contribution in [0.3, 0.4) is 0 Å². The normalized spacial score (nSPS) is 11.2. The lowest BCUT2D eigenvalue weighted by Crippen LogP contribution is -2.01. The largest absolute Gasteiger partial charge is 0.478 e. The Morgan fingerprint density at radius 1 is 1.00 bits per heavy atom. The fraction of sp³-hybridized carbons (Fsp3) is 0.261. The van der Waals surface area contributed by atoms with E-state index in [1.807, 2.05) is 56.3 Å². The average molecular weight is 459 g/mol. The summed E-state index contributed by atoms with van der Waals surface area (Å²) in [6.07, 6.45) is 6.41. The van der Waals surface area contributed by atoms with Crippen LogP contribution >= 0.6 is 0 Å².